The van der Waals surface area contributed by atoms with Crippen LogP contribution < -0.4 is 14.8 Å². The molecule has 6 heteroatoms. The fraction of sp³-hybridized carbons (Fsp3) is 0.400. The molecule has 1 N–H and O–H groups in total. The number of terminal acetylenes is 1. The van der Waals surface area contributed by atoms with Gasteiger partial charge < -0.3 is 19.5 Å². The van der Waals surface area contributed by atoms with Gasteiger partial charge in [0, 0.05) is 44.9 Å². The first kappa shape index (κ1) is 22.7. The van der Waals surface area contributed by atoms with Gasteiger partial charge in [-0.1, -0.05) is 18.1 Å². The van der Waals surface area contributed by atoms with Gasteiger partial charge in [-0.2, -0.15) is 0 Å². The molecule has 6 nitrogen and oxygen atoms in total. The topological polar surface area (TPSA) is 60.0 Å². The number of likely N-dealkylation sites (tertiary alicyclic amines) is 1. The van der Waals surface area contributed by atoms with Crippen LogP contribution in [0.4, 0.5) is 0 Å². The van der Waals surface area contributed by atoms with E-state index in [1.54, 1.807) is 32.4 Å². The van der Waals surface area contributed by atoms with E-state index in [4.69, 9.17) is 20.6 Å². The van der Waals surface area contributed by atoms with Crippen LogP contribution in [0.5, 0.6) is 11.5 Å². The van der Waals surface area contributed by atoms with Gasteiger partial charge in [0.15, 0.2) is 0 Å². The Bertz CT molecular complexity index is 897. The third-order valence-electron chi connectivity index (χ3n) is 5.38. The van der Waals surface area contributed by atoms with Crippen LogP contribution in [0.15, 0.2) is 42.5 Å². The van der Waals surface area contributed by atoms with E-state index in [1.807, 2.05) is 12.1 Å². The average molecular weight is 423 g/mol. The fourth-order valence-electron chi connectivity index (χ4n) is 3.61. The van der Waals surface area contributed by atoms with E-state index in [9.17, 15) is 4.79 Å². The van der Waals surface area contributed by atoms with E-state index in [0.717, 1.165) is 38.0 Å². The van der Waals surface area contributed by atoms with Gasteiger partial charge >= 0.3 is 0 Å². The fourth-order valence-corrected chi connectivity index (χ4v) is 3.61. The van der Waals surface area contributed by atoms with E-state index in [-0.39, 0.29) is 12.0 Å². The second kappa shape index (κ2) is 11.4. The molecule has 2 aromatic rings. The highest BCUT2D eigenvalue weighted by Gasteiger charge is 2.23. The lowest BCUT2D eigenvalue weighted by molar-refractivity contribution is 0.0881. The lowest BCUT2D eigenvalue weighted by Crippen LogP contribution is -2.38. The lowest BCUT2D eigenvalue weighted by atomic mass is 10.1. The van der Waals surface area contributed by atoms with E-state index < -0.39 is 0 Å². The molecule has 1 amide bonds. The van der Waals surface area contributed by atoms with Crippen LogP contribution in [0.25, 0.3) is 0 Å². The molecule has 0 bridgehead atoms. The molecule has 0 atom stereocenters. The Hall–Kier alpha value is -3.01. The van der Waals surface area contributed by atoms with Gasteiger partial charge in [-0.3, -0.25) is 9.69 Å². The van der Waals surface area contributed by atoms with Crippen molar-refractivity contribution in [1.29, 1.82) is 0 Å². The van der Waals surface area contributed by atoms with Crippen LogP contribution in [-0.4, -0.2) is 57.4 Å². The molecule has 0 unspecified atom stereocenters. The lowest BCUT2D eigenvalue weighted by Gasteiger charge is -2.32. The Morgan fingerprint density at radius 2 is 1.90 bits per heavy atom. The van der Waals surface area contributed by atoms with Crippen LogP contribution in [0, 0.1) is 12.3 Å². The molecule has 2 aromatic carbocycles. The predicted octanol–water partition coefficient (Wildman–Crippen LogP) is 3.10. The zero-order valence-corrected chi connectivity index (χ0v) is 18.2. The number of hydrogen-bond donors (Lipinski definition) is 1. The molecular weight excluding hydrogens is 392 g/mol. The van der Waals surface area contributed by atoms with Crippen LogP contribution in [-0.2, 0) is 11.3 Å². The monoisotopic (exact) mass is 422 g/mol. The third kappa shape index (κ3) is 6.48. The largest absolute Gasteiger partial charge is 0.497 e. The van der Waals surface area contributed by atoms with Crippen LogP contribution >= 0.6 is 0 Å². The second-order valence-corrected chi connectivity index (χ2v) is 7.55. The third-order valence-corrected chi connectivity index (χ3v) is 5.38. The predicted molar refractivity (Wildman–Crippen MR) is 121 cm³/mol. The molecule has 3 rings (SSSR count). The zero-order valence-electron chi connectivity index (χ0n) is 18.2. The number of nitrogens with one attached hydrogen (secondary N) is 1. The van der Waals surface area contributed by atoms with Crippen molar-refractivity contribution < 1.29 is 19.0 Å². The zero-order chi connectivity index (χ0) is 22.1. The van der Waals surface area contributed by atoms with Crippen LogP contribution in [0.3, 0.4) is 0 Å². The van der Waals surface area contributed by atoms with Crippen molar-refractivity contribution in [3.8, 4) is 23.8 Å². The number of carbonyl (C=O) groups is 1. The molecule has 31 heavy (non-hydrogen) atoms. The highest BCUT2D eigenvalue weighted by molar-refractivity contribution is 5.97. The molecule has 0 aromatic heterocycles. The summed E-state index contributed by atoms with van der Waals surface area (Å²) in [6, 6.07) is 13.4. The molecule has 1 saturated heterocycles. The van der Waals surface area contributed by atoms with Gasteiger partial charge in [-0.05, 0) is 42.7 Å². The molecule has 0 radical (unpaired) electrons. The van der Waals surface area contributed by atoms with Crippen molar-refractivity contribution in [3.05, 3.63) is 59.2 Å². The Morgan fingerprint density at radius 3 is 2.55 bits per heavy atom. The maximum atomic E-state index is 12.6. The number of rotatable bonds is 9. The smallest absolute Gasteiger partial charge is 0.255 e. The van der Waals surface area contributed by atoms with Crippen molar-refractivity contribution in [2.45, 2.75) is 25.5 Å². The number of methoxy groups -OCH3 is 2. The van der Waals surface area contributed by atoms with Crippen LogP contribution in [0.1, 0.15) is 34.3 Å². The van der Waals surface area contributed by atoms with Crippen molar-refractivity contribution in [3.63, 3.8) is 0 Å². The molecule has 0 saturated carbocycles. The van der Waals surface area contributed by atoms with Gasteiger partial charge in [0.2, 0.25) is 0 Å². The number of nitrogens with zero attached hydrogens (tertiary/aromatic N) is 1. The van der Waals surface area contributed by atoms with Crippen molar-refractivity contribution >= 4 is 5.91 Å². The number of hydrogen-bond acceptors (Lipinski definition) is 5. The summed E-state index contributed by atoms with van der Waals surface area (Å²) in [5.74, 6) is 3.69. The first-order chi connectivity index (χ1) is 15.1. The molecule has 1 aliphatic heterocycles. The highest BCUT2D eigenvalue weighted by atomic mass is 16.5. The van der Waals surface area contributed by atoms with Gasteiger partial charge in [-0.15, -0.1) is 6.42 Å². The van der Waals surface area contributed by atoms with Crippen molar-refractivity contribution in [2.24, 2.45) is 0 Å². The molecule has 0 spiro atoms. The molecule has 0 aliphatic carbocycles. The summed E-state index contributed by atoms with van der Waals surface area (Å²) in [7, 11) is 3.21. The minimum atomic E-state index is -0.178. The highest BCUT2D eigenvalue weighted by Crippen LogP contribution is 2.28. The van der Waals surface area contributed by atoms with Gasteiger partial charge in [0.05, 0.1) is 19.3 Å². The van der Waals surface area contributed by atoms with Crippen LogP contribution in [0.2, 0.25) is 0 Å². The van der Waals surface area contributed by atoms with Crippen molar-refractivity contribution in [1.82, 2.24) is 10.2 Å². The van der Waals surface area contributed by atoms with Gasteiger partial charge in [0.1, 0.15) is 17.6 Å². The minimum absolute atomic E-state index is 0.0534. The Labute approximate surface area is 184 Å². The number of carbonyl (C=O) groups excluding carboxylic acids is 1. The molecular formula is C25H30N2O4. The molecule has 164 valence electrons. The van der Waals surface area contributed by atoms with E-state index in [1.165, 1.54) is 5.56 Å². The maximum Gasteiger partial charge on any atom is 0.255 e. The molecule has 1 fully saturated rings. The summed E-state index contributed by atoms with van der Waals surface area (Å²) in [6.07, 6.45) is 7.27. The minimum Gasteiger partial charge on any atom is -0.497 e. The van der Waals surface area contributed by atoms with E-state index in [2.05, 4.69) is 28.3 Å². The second-order valence-electron chi connectivity index (χ2n) is 7.55. The number of ether oxygens (including phenoxy) is 3. The average Bonchev–Trinajstić information content (AvgIpc) is 2.81. The quantitative estimate of drug-likeness (QED) is 0.497. The maximum absolute atomic E-state index is 12.6. The first-order valence-corrected chi connectivity index (χ1v) is 10.5. The van der Waals surface area contributed by atoms with E-state index >= 15 is 0 Å². The first-order valence-electron chi connectivity index (χ1n) is 10.5. The summed E-state index contributed by atoms with van der Waals surface area (Å²) in [6.45, 7) is 3.66. The summed E-state index contributed by atoms with van der Waals surface area (Å²) in [5, 5.41) is 2.85. The van der Waals surface area contributed by atoms with Crippen molar-refractivity contribution in [2.75, 3.05) is 40.5 Å². The number of benzene rings is 2. The normalized spacial score (nSPS) is 14.6. The number of piperidine rings is 1. The van der Waals surface area contributed by atoms with Gasteiger partial charge in [-0.25, -0.2) is 0 Å². The number of amides is 1. The SMILES string of the molecule is C#Cc1ccc(CN2CCC(Oc3cc(OC)ccc3C(=O)NCCOC)CC2)cc1. The Balaban J connectivity index is 1.58. The van der Waals surface area contributed by atoms with Gasteiger partial charge in [0.25, 0.3) is 5.91 Å². The summed E-state index contributed by atoms with van der Waals surface area (Å²) < 4.78 is 16.6. The standard InChI is InChI=1S/C25H30N2O4/c1-4-19-5-7-20(8-6-19)18-27-14-11-21(12-15-27)31-24-17-22(30-3)9-10-23(24)25(28)26-13-16-29-2/h1,5-10,17,21H,11-16,18H2,2-3H3,(H,26,28). The molecule has 1 aliphatic rings. The van der Waals surface area contributed by atoms with E-state index in [0.29, 0.717) is 30.2 Å². The summed E-state index contributed by atoms with van der Waals surface area (Å²) >= 11 is 0. The molecule has 1 heterocycles. The Kier molecular flexibility index (Phi) is 8.34. The summed E-state index contributed by atoms with van der Waals surface area (Å²) in [5.41, 5.74) is 2.66. The Morgan fingerprint density at radius 1 is 1.16 bits per heavy atom. The summed E-state index contributed by atoms with van der Waals surface area (Å²) in [4.78, 5) is 15.0.